The first-order chi connectivity index (χ1) is 22.8. The van der Waals surface area contributed by atoms with E-state index in [9.17, 15) is 28.3 Å². The zero-order valence-corrected chi connectivity index (χ0v) is 27.8. The van der Waals surface area contributed by atoms with Crippen molar-refractivity contribution in [1.29, 1.82) is 5.26 Å². The van der Waals surface area contributed by atoms with Gasteiger partial charge in [-0.3, -0.25) is 9.69 Å². The van der Waals surface area contributed by atoms with E-state index in [1.54, 1.807) is 6.07 Å². The molecule has 4 aliphatic carbocycles. The van der Waals surface area contributed by atoms with E-state index in [1.165, 1.54) is 17.5 Å². The molecule has 0 radical (unpaired) electrons. The van der Waals surface area contributed by atoms with Crippen LogP contribution in [0.2, 0.25) is 0 Å². The summed E-state index contributed by atoms with van der Waals surface area (Å²) in [6.45, 7) is 7.56. The van der Waals surface area contributed by atoms with E-state index in [0.29, 0.717) is 34.6 Å². The van der Waals surface area contributed by atoms with Gasteiger partial charge < -0.3 is 20.3 Å². The number of nitriles is 1. The fourth-order valence-electron chi connectivity index (χ4n) is 8.52. The summed E-state index contributed by atoms with van der Waals surface area (Å²) in [7, 11) is 0. The Morgan fingerprint density at radius 1 is 1.17 bits per heavy atom. The van der Waals surface area contributed by atoms with Crippen LogP contribution in [-0.4, -0.2) is 66.9 Å². The van der Waals surface area contributed by atoms with Crippen LogP contribution in [0.15, 0.2) is 30.6 Å². The highest BCUT2D eigenvalue weighted by molar-refractivity contribution is 7.18. The molecule has 4 saturated carbocycles. The lowest BCUT2D eigenvalue weighted by Crippen LogP contribution is -2.82. The van der Waals surface area contributed by atoms with Gasteiger partial charge >= 0.3 is 6.18 Å². The van der Waals surface area contributed by atoms with Gasteiger partial charge in [-0.25, -0.2) is 9.97 Å². The molecule has 3 aromatic heterocycles. The first-order valence-electron chi connectivity index (χ1n) is 16.7. The number of carbonyl (C=O) groups excluding carboxylic acids is 1. The molecule has 1 aromatic carbocycles. The van der Waals surface area contributed by atoms with Crippen LogP contribution in [0, 0.1) is 29.6 Å². The Hall–Kier alpha value is -3.73. The molecule has 5 aliphatic rings. The highest BCUT2D eigenvalue weighted by atomic mass is 32.1. The number of hydrogen-bond donors (Lipinski definition) is 3. The van der Waals surface area contributed by atoms with Gasteiger partial charge in [0.15, 0.2) is 0 Å². The van der Waals surface area contributed by atoms with Crippen LogP contribution in [0.1, 0.15) is 67.1 Å². The molecule has 1 aliphatic heterocycles. The average molecular weight is 678 g/mol. The van der Waals surface area contributed by atoms with Gasteiger partial charge in [-0.1, -0.05) is 13.0 Å². The second-order valence-electron chi connectivity index (χ2n) is 14.7. The lowest BCUT2D eigenvalue weighted by Gasteiger charge is -2.76. The van der Waals surface area contributed by atoms with E-state index >= 15 is 0 Å². The van der Waals surface area contributed by atoms with Crippen LogP contribution in [0.3, 0.4) is 0 Å². The predicted octanol–water partition coefficient (Wildman–Crippen LogP) is 5.82. The Labute approximate surface area is 280 Å². The molecule has 9 rings (SSSR count). The second kappa shape index (κ2) is 10.9. The largest absolute Gasteiger partial charge is 0.393 e. The third-order valence-corrected chi connectivity index (χ3v) is 12.8. The number of fused-ring (bicyclic) bond motifs is 2. The minimum absolute atomic E-state index is 0.0360. The summed E-state index contributed by atoms with van der Waals surface area (Å²) >= 11 is 1.06. The quantitative estimate of drug-likeness (QED) is 0.204. The number of amides is 1. The number of hydrogen-bond acceptors (Lipinski definition) is 8. The highest BCUT2D eigenvalue weighted by Gasteiger charge is 2.74. The summed E-state index contributed by atoms with van der Waals surface area (Å²) < 4.78 is 41.0. The highest BCUT2D eigenvalue weighted by Crippen LogP contribution is 2.72. The maximum Gasteiger partial charge on any atom is 0.393 e. The molecule has 1 saturated heterocycles. The molecular weight excluding hydrogens is 639 g/mol. The molecular formula is C35H38F3N7O2S. The molecule has 252 valence electrons. The summed E-state index contributed by atoms with van der Waals surface area (Å²) in [5.74, 6) is 0.630. The number of nitrogens with zero attached hydrogens (tertiary/aromatic N) is 5. The van der Waals surface area contributed by atoms with Gasteiger partial charge in [-0.05, 0) is 86.1 Å². The molecule has 9 nitrogen and oxygen atoms in total. The second-order valence-corrected chi connectivity index (χ2v) is 15.8. The van der Waals surface area contributed by atoms with Crippen molar-refractivity contribution in [2.24, 2.45) is 11.3 Å². The van der Waals surface area contributed by atoms with Gasteiger partial charge in [0, 0.05) is 53.5 Å². The van der Waals surface area contributed by atoms with Gasteiger partial charge in [0.05, 0.1) is 11.8 Å². The number of aromatic nitrogens is 3. The molecule has 1 atom stereocenters. The van der Waals surface area contributed by atoms with Crippen LogP contribution in [0.5, 0.6) is 0 Å². The first kappa shape index (κ1) is 31.5. The number of alkyl halides is 3. The smallest absolute Gasteiger partial charge is 0.380 e. The maximum absolute atomic E-state index is 13.0. The zero-order chi connectivity index (χ0) is 33.6. The van der Waals surface area contributed by atoms with E-state index in [2.05, 4.69) is 62.1 Å². The molecule has 5 fully saturated rings. The van der Waals surface area contributed by atoms with Crippen molar-refractivity contribution < 1.29 is 23.1 Å². The van der Waals surface area contributed by atoms with E-state index in [-0.39, 0.29) is 33.7 Å². The Morgan fingerprint density at radius 3 is 2.58 bits per heavy atom. The third-order valence-electron chi connectivity index (χ3n) is 11.7. The summed E-state index contributed by atoms with van der Waals surface area (Å²) in [6.07, 6.45) is 0.738. The lowest BCUT2D eigenvalue weighted by atomic mass is 9.33. The average Bonchev–Trinajstić information content (AvgIpc) is 3.50. The van der Waals surface area contributed by atoms with E-state index in [4.69, 9.17) is 0 Å². The Kier molecular flexibility index (Phi) is 7.15. The van der Waals surface area contributed by atoms with Gasteiger partial charge in [-0.15, -0.1) is 11.3 Å². The van der Waals surface area contributed by atoms with E-state index in [0.717, 1.165) is 74.1 Å². The predicted molar refractivity (Wildman–Crippen MR) is 176 cm³/mol. The van der Waals surface area contributed by atoms with Crippen LogP contribution in [0.25, 0.3) is 21.1 Å². The molecule has 4 heterocycles. The van der Waals surface area contributed by atoms with Crippen LogP contribution < -0.4 is 10.6 Å². The van der Waals surface area contributed by atoms with Crippen molar-refractivity contribution in [3.05, 3.63) is 52.3 Å². The standard InChI is InChI=1S/C35H38F3N7O2S/c1-20-22(15-44-9-5-23(6-10-44)42-29-27-12-25(13-35(36,37)38)48-30(27)41-19-40-29)3-4-28-26(20)11-24(14-39)45(28)18-32-16-33(17-32,21(32)2)43-31(46)34(47)7-8-34/h3-4,11-12,19,21,23,47H,5-10,13,15-18H2,1-2H3,(H,43,46)(H,40,41,42)/t21-,32?,33?/m0/s1. The minimum atomic E-state index is -4.26. The van der Waals surface area contributed by atoms with E-state index < -0.39 is 18.2 Å². The van der Waals surface area contributed by atoms with Crippen molar-refractivity contribution in [3.8, 4) is 6.07 Å². The number of nitrogens with one attached hydrogen (secondary N) is 2. The number of likely N-dealkylation sites (tertiary alicyclic amines) is 1. The Bertz CT molecular complexity index is 1980. The fourth-order valence-corrected chi connectivity index (χ4v) is 9.55. The van der Waals surface area contributed by atoms with E-state index in [1.807, 2.05) is 6.07 Å². The molecule has 0 unspecified atom stereocenters. The van der Waals surface area contributed by atoms with Crippen molar-refractivity contribution in [3.63, 3.8) is 0 Å². The number of benzene rings is 1. The normalized spacial score (nSPS) is 26.6. The summed E-state index contributed by atoms with van der Waals surface area (Å²) in [6, 6.07) is 10.5. The number of halogens is 3. The number of piperidine rings is 1. The summed E-state index contributed by atoms with van der Waals surface area (Å²) in [5, 5.41) is 28.7. The first-order valence-corrected chi connectivity index (χ1v) is 17.5. The van der Waals surface area contributed by atoms with Crippen LogP contribution in [-0.2, 0) is 24.3 Å². The molecule has 48 heavy (non-hydrogen) atoms. The number of carbonyl (C=O) groups is 1. The molecule has 0 spiro atoms. The number of anilines is 1. The number of rotatable bonds is 9. The number of aliphatic hydroxyl groups is 1. The molecule has 3 N–H and O–H groups in total. The number of aryl methyl sites for hydroxylation is 1. The van der Waals surface area contributed by atoms with Crippen molar-refractivity contribution in [2.75, 3.05) is 18.4 Å². The van der Waals surface area contributed by atoms with Gasteiger partial charge in [0.25, 0.3) is 5.91 Å². The molecule has 4 aromatic rings. The summed E-state index contributed by atoms with van der Waals surface area (Å²) in [4.78, 5) is 24.3. The van der Waals surface area contributed by atoms with Crippen molar-refractivity contribution in [1.82, 2.24) is 24.8 Å². The van der Waals surface area contributed by atoms with Crippen molar-refractivity contribution in [2.45, 2.75) is 95.2 Å². The Balaban J connectivity index is 0.911. The van der Waals surface area contributed by atoms with Gasteiger partial charge in [0.2, 0.25) is 0 Å². The van der Waals surface area contributed by atoms with Gasteiger partial charge in [0.1, 0.15) is 34.3 Å². The third kappa shape index (κ3) is 5.24. The van der Waals surface area contributed by atoms with Crippen LogP contribution in [0.4, 0.5) is 19.0 Å². The van der Waals surface area contributed by atoms with Crippen molar-refractivity contribution >= 4 is 44.2 Å². The Morgan fingerprint density at radius 2 is 1.92 bits per heavy atom. The molecule has 13 heteroatoms. The summed E-state index contributed by atoms with van der Waals surface area (Å²) in [5.41, 5.74) is 2.73. The number of thiophene rings is 1. The SMILES string of the molecule is Cc1c(CN2CCC(Nc3ncnc4sc(CC(F)(F)F)cc34)CC2)ccc2c1cc(C#N)n2CC12CC(NC(=O)C3(O)CC3)(C1)[C@H]2C. The maximum atomic E-state index is 13.0. The molecule has 1 amide bonds. The lowest BCUT2D eigenvalue weighted by molar-refractivity contribution is -0.230. The van der Waals surface area contributed by atoms with Crippen LogP contribution >= 0.6 is 11.3 Å². The zero-order valence-electron chi connectivity index (χ0n) is 27.0. The van der Waals surface area contributed by atoms with Gasteiger partial charge in [-0.2, -0.15) is 18.4 Å². The minimum Gasteiger partial charge on any atom is -0.380 e. The topological polar surface area (TPSA) is 119 Å². The molecule has 2 bridgehead atoms. The fraction of sp³-hybridized carbons (Fsp3) is 0.543. The monoisotopic (exact) mass is 677 g/mol.